The van der Waals surface area contributed by atoms with Crippen LogP contribution in [0.15, 0.2) is 29.3 Å². The van der Waals surface area contributed by atoms with Crippen molar-refractivity contribution >= 4 is 11.9 Å². The van der Waals surface area contributed by atoms with Gasteiger partial charge in [-0.2, -0.15) is 0 Å². The Morgan fingerprint density at radius 3 is 2.61 bits per heavy atom. The van der Waals surface area contributed by atoms with Crippen LogP contribution in [0.2, 0.25) is 0 Å². The van der Waals surface area contributed by atoms with E-state index in [-0.39, 0.29) is 5.91 Å². The van der Waals surface area contributed by atoms with Gasteiger partial charge in [-0.3, -0.25) is 14.7 Å². The molecular weight excluding hydrogens is 350 g/mol. The molecule has 2 aliphatic heterocycles. The van der Waals surface area contributed by atoms with E-state index < -0.39 is 0 Å². The van der Waals surface area contributed by atoms with Crippen molar-refractivity contribution in [1.82, 2.24) is 20.4 Å². The van der Waals surface area contributed by atoms with Gasteiger partial charge in [-0.1, -0.05) is 31.2 Å². The number of nitrogens with one attached hydrogen (secondary N) is 2. The van der Waals surface area contributed by atoms with Crippen LogP contribution in [0.25, 0.3) is 0 Å². The Kier molecular flexibility index (Phi) is 6.94. The molecule has 2 aliphatic rings. The monoisotopic (exact) mass is 385 g/mol. The van der Waals surface area contributed by atoms with Crippen molar-refractivity contribution in [3.8, 4) is 0 Å². The number of aliphatic imine (C=N–C) groups is 1. The van der Waals surface area contributed by atoms with Crippen LogP contribution in [-0.4, -0.2) is 60.4 Å². The normalized spacial score (nSPS) is 23.7. The van der Waals surface area contributed by atoms with E-state index in [1.807, 2.05) is 18.0 Å². The molecule has 6 nitrogen and oxygen atoms in total. The molecule has 6 heteroatoms. The molecule has 1 amide bonds. The van der Waals surface area contributed by atoms with E-state index in [9.17, 15) is 4.79 Å². The lowest BCUT2D eigenvalue weighted by molar-refractivity contribution is -0.128. The van der Waals surface area contributed by atoms with Crippen molar-refractivity contribution in [2.24, 2.45) is 10.9 Å². The van der Waals surface area contributed by atoms with Crippen molar-refractivity contribution in [1.29, 1.82) is 0 Å². The molecule has 0 radical (unpaired) electrons. The number of carbonyl (C=O) groups excluding carboxylic acids is 1. The van der Waals surface area contributed by atoms with E-state index >= 15 is 0 Å². The van der Waals surface area contributed by atoms with Crippen LogP contribution in [0.5, 0.6) is 0 Å². The summed E-state index contributed by atoms with van der Waals surface area (Å²) in [6.07, 6.45) is 1.66. The number of amides is 1. The third-order valence-corrected chi connectivity index (χ3v) is 6.01. The van der Waals surface area contributed by atoms with Gasteiger partial charge in [0, 0.05) is 58.3 Å². The van der Waals surface area contributed by atoms with E-state index in [1.165, 1.54) is 11.1 Å². The zero-order valence-corrected chi connectivity index (χ0v) is 17.7. The highest BCUT2D eigenvalue weighted by Crippen LogP contribution is 2.19. The van der Waals surface area contributed by atoms with Crippen molar-refractivity contribution in [2.75, 3.05) is 26.7 Å². The molecule has 1 aromatic rings. The molecule has 0 aromatic heterocycles. The maximum Gasteiger partial charge on any atom is 0.222 e. The molecule has 2 fully saturated rings. The number of nitrogens with zero attached hydrogens (tertiary/aromatic N) is 3. The fraction of sp³-hybridized carbons (Fsp3) is 0.636. The van der Waals surface area contributed by atoms with Gasteiger partial charge in [0.25, 0.3) is 0 Å². The van der Waals surface area contributed by atoms with E-state index in [2.05, 4.69) is 59.5 Å². The Labute approximate surface area is 169 Å². The minimum atomic E-state index is 0.269. The first-order valence-corrected chi connectivity index (χ1v) is 10.5. The molecule has 1 aromatic carbocycles. The molecule has 2 saturated heterocycles. The highest BCUT2D eigenvalue weighted by atomic mass is 16.2. The Morgan fingerprint density at radius 1 is 1.25 bits per heavy atom. The Balaban J connectivity index is 1.57. The van der Waals surface area contributed by atoms with Crippen LogP contribution in [0.1, 0.15) is 44.7 Å². The Morgan fingerprint density at radius 2 is 2.00 bits per heavy atom. The van der Waals surface area contributed by atoms with Crippen LogP contribution in [0.4, 0.5) is 0 Å². The van der Waals surface area contributed by atoms with Gasteiger partial charge in [0.2, 0.25) is 5.91 Å². The first-order chi connectivity index (χ1) is 13.5. The maximum absolute atomic E-state index is 12.0. The van der Waals surface area contributed by atoms with Crippen molar-refractivity contribution in [2.45, 2.75) is 58.8 Å². The average Bonchev–Trinajstić information content (AvgIpc) is 3.25. The van der Waals surface area contributed by atoms with Gasteiger partial charge in [0.1, 0.15) is 0 Å². The van der Waals surface area contributed by atoms with Crippen LogP contribution in [0.3, 0.4) is 0 Å². The number of benzene rings is 1. The summed E-state index contributed by atoms with van der Waals surface area (Å²) in [7, 11) is 1.82. The standard InChI is InChI=1S/C22H35N5O/c1-16(2)27-13-17(3)20(15-27)25-22(23-4)24-12-18-8-5-6-9-19(18)14-26-11-7-10-21(26)28/h5-6,8-9,16-17,20H,7,10-15H2,1-4H3,(H2,23,24,25). The van der Waals surface area contributed by atoms with E-state index in [1.54, 1.807) is 0 Å². The highest BCUT2D eigenvalue weighted by Gasteiger charge is 2.31. The molecule has 28 heavy (non-hydrogen) atoms. The summed E-state index contributed by atoms with van der Waals surface area (Å²) in [6.45, 7) is 11.3. The van der Waals surface area contributed by atoms with E-state index in [0.717, 1.165) is 32.0 Å². The third-order valence-electron chi connectivity index (χ3n) is 6.01. The highest BCUT2D eigenvalue weighted by molar-refractivity contribution is 5.80. The van der Waals surface area contributed by atoms with Crippen LogP contribution in [-0.2, 0) is 17.9 Å². The summed E-state index contributed by atoms with van der Waals surface area (Å²) >= 11 is 0. The lowest BCUT2D eigenvalue weighted by atomic mass is 10.1. The molecule has 0 aliphatic carbocycles. The number of likely N-dealkylation sites (tertiary alicyclic amines) is 2. The molecule has 0 bridgehead atoms. The molecule has 0 saturated carbocycles. The van der Waals surface area contributed by atoms with Gasteiger partial charge in [0.05, 0.1) is 0 Å². The summed E-state index contributed by atoms with van der Waals surface area (Å²) in [5.74, 6) is 1.70. The largest absolute Gasteiger partial charge is 0.352 e. The SMILES string of the molecule is CN=C(NCc1ccccc1CN1CCCC1=O)NC1CN(C(C)C)CC1C. The minimum Gasteiger partial charge on any atom is -0.352 e. The molecule has 2 unspecified atom stereocenters. The number of hydrogen-bond donors (Lipinski definition) is 2. The zero-order chi connectivity index (χ0) is 20.1. The second kappa shape index (κ2) is 9.41. The van der Waals surface area contributed by atoms with Crippen molar-refractivity contribution < 1.29 is 4.79 Å². The second-order valence-electron chi connectivity index (χ2n) is 8.39. The average molecular weight is 386 g/mol. The Hall–Kier alpha value is -2.08. The zero-order valence-electron chi connectivity index (χ0n) is 17.7. The lowest BCUT2D eigenvalue weighted by Gasteiger charge is -2.22. The number of rotatable bonds is 6. The van der Waals surface area contributed by atoms with Crippen LogP contribution >= 0.6 is 0 Å². The first kappa shape index (κ1) is 20.6. The molecule has 2 atom stereocenters. The molecule has 3 rings (SSSR count). The third kappa shape index (κ3) is 5.04. The maximum atomic E-state index is 12.0. The fourth-order valence-corrected chi connectivity index (χ4v) is 4.12. The smallest absolute Gasteiger partial charge is 0.222 e. The second-order valence-corrected chi connectivity index (χ2v) is 8.39. The van der Waals surface area contributed by atoms with Crippen molar-refractivity contribution in [3.63, 3.8) is 0 Å². The van der Waals surface area contributed by atoms with Gasteiger partial charge < -0.3 is 15.5 Å². The molecule has 0 spiro atoms. The number of hydrogen-bond acceptors (Lipinski definition) is 3. The summed E-state index contributed by atoms with van der Waals surface area (Å²) in [6, 6.07) is 9.35. The van der Waals surface area contributed by atoms with E-state index in [0.29, 0.717) is 37.5 Å². The summed E-state index contributed by atoms with van der Waals surface area (Å²) in [5, 5.41) is 7.07. The predicted molar refractivity (Wildman–Crippen MR) is 114 cm³/mol. The summed E-state index contributed by atoms with van der Waals surface area (Å²) in [5.41, 5.74) is 2.43. The fourth-order valence-electron chi connectivity index (χ4n) is 4.12. The van der Waals surface area contributed by atoms with Crippen LogP contribution in [0, 0.1) is 5.92 Å². The molecule has 154 valence electrons. The van der Waals surface area contributed by atoms with Gasteiger partial charge in [-0.05, 0) is 37.3 Å². The summed E-state index contributed by atoms with van der Waals surface area (Å²) in [4.78, 5) is 20.9. The van der Waals surface area contributed by atoms with Crippen molar-refractivity contribution in [3.05, 3.63) is 35.4 Å². The number of guanidine groups is 1. The minimum absolute atomic E-state index is 0.269. The lowest BCUT2D eigenvalue weighted by Crippen LogP contribution is -2.46. The quantitative estimate of drug-likeness (QED) is 0.582. The van der Waals surface area contributed by atoms with Crippen LogP contribution < -0.4 is 10.6 Å². The number of carbonyl (C=O) groups is 1. The van der Waals surface area contributed by atoms with E-state index in [4.69, 9.17) is 0 Å². The van der Waals surface area contributed by atoms with Gasteiger partial charge in [0.15, 0.2) is 5.96 Å². The summed E-state index contributed by atoms with van der Waals surface area (Å²) < 4.78 is 0. The van der Waals surface area contributed by atoms with Gasteiger partial charge in [-0.25, -0.2) is 0 Å². The predicted octanol–water partition coefficient (Wildman–Crippen LogP) is 2.20. The Bertz CT molecular complexity index is 702. The van der Waals surface area contributed by atoms with Gasteiger partial charge in [-0.15, -0.1) is 0 Å². The molecule has 2 N–H and O–H groups in total. The van der Waals surface area contributed by atoms with Gasteiger partial charge >= 0.3 is 0 Å². The molecule has 2 heterocycles. The molecular formula is C22H35N5O. The topological polar surface area (TPSA) is 60.0 Å². The first-order valence-electron chi connectivity index (χ1n) is 10.5.